The number of nitrogens with zero attached hydrogens (tertiary/aromatic N) is 2. The van der Waals surface area contributed by atoms with Crippen molar-refractivity contribution in [1.82, 2.24) is 9.88 Å². The number of aromatic nitrogens is 1. The zero-order chi connectivity index (χ0) is 18.8. The first-order valence-electron chi connectivity index (χ1n) is 9.55. The average Bonchev–Trinajstić information content (AvgIpc) is 3.31. The van der Waals surface area contributed by atoms with Crippen LogP contribution in [0.25, 0.3) is 5.57 Å². The van der Waals surface area contributed by atoms with Crippen molar-refractivity contribution in [3.05, 3.63) is 35.8 Å². The highest BCUT2D eigenvalue weighted by Crippen LogP contribution is 2.63. The van der Waals surface area contributed by atoms with E-state index in [2.05, 4.69) is 26.9 Å². The summed E-state index contributed by atoms with van der Waals surface area (Å²) in [6.07, 6.45) is 9.05. The van der Waals surface area contributed by atoms with Crippen molar-refractivity contribution >= 4 is 11.4 Å². The van der Waals surface area contributed by atoms with Crippen LogP contribution in [0.2, 0.25) is 0 Å². The molecule has 27 heavy (non-hydrogen) atoms. The molecule has 6 rings (SSSR count). The Labute approximate surface area is 155 Å². The normalized spacial score (nSPS) is 29.9. The summed E-state index contributed by atoms with van der Waals surface area (Å²) in [5.41, 5.74) is 8.87. The number of rotatable bonds is 4. The Morgan fingerprint density at radius 2 is 1.96 bits per heavy atom. The van der Waals surface area contributed by atoms with Crippen LogP contribution in [0.15, 0.2) is 30.2 Å². The molecule has 0 aromatic carbocycles. The van der Waals surface area contributed by atoms with Crippen molar-refractivity contribution in [1.29, 1.82) is 0 Å². The zero-order valence-corrected chi connectivity index (χ0v) is 14.9. The number of ether oxygens (including phenoxy) is 1. The molecule has 4 aliphatic carbocycles. The van der Waals surface area contributed by atoms with Crippen LogP contribution in [0.3, 0.4) is 0 Å². The average molecular weight is 377 g/mol. The second-order valence-corrected chi connectivity index (χ2v) is 8.32. The van der Waals surface area contributed by atoms with Gasteiger partial charge in [0, 0.05) is 29.2 Å². The molecule has 0 radical (unpaired) electrons. The molecule has 4 nitrogen and oxygen atoms in total. The number of halogens is 3. The van der Waals surface area contributed by atoms with E-state index in [0.29, 0.717) is 11.5 Å². The van der Waals surface area contributed by atoms with Crippen LogP contribution in [0.4, 0.5) is 19.0 Å². The van der Waals surface area contributed by atoms with Crippen LogP contribution in [-0.2, 0) is 0 Å². The smallest absolute Gasteiger partial charge is 0.402 e. The van der Waals surface area contributed by atoms with E-state index in [4.69, 9.17) is 5.73 Å². The molecule has 0 saturated heterocycles. The quantitative estimate of drug-likeness (QED) is 0.815. The van der Waals surface area contributed by atoms with Crippen LogP contribution in [0.5, 0.6) is 5.75 Å². The van der Waals surface area contributed by atoms with Gasteiger partial charge in [-0.25, -0.2) is 4.98 Å². The number of nitrogen functional groups attached to an aromatic ring is 1. The van der Waals surface area contributed by atoms with Crippen molar-refractivity contribution < 1.29 is 17.9 Å². The molecule has 5 aliphatic rings. The van der Waals surface area contributed by atoms with E-state index in [-0.39, 0.29) is 11.4 Å². The molecule has 0 spiro atoms. The Morgan fingerprint density at radius 3 is 2.56 bits per heavy atom. The highest BCUT2D eigenvalue weighted by molar-refractivity contribution is 5.69. The molecular formula is C20H22F3N3O. The maximum atomic E-state index is 12.6. The van der Waals surface area contributed by atoms with Gasteiger partial charge in [0.1, 0.15) is 0 Å². The molecule has 1 aromatic heterocycles. The number of anilines is 1. The van der Waals surface area contributed by atoms with Crippen molar-refractivity contribution in [2.75, 3.05) is 5.73 Å². The van der Waals surface area contributed by atoms with E-state index in [0.717, 1.165) is 24.3 Å². The van der Waals surface area contributed by atoms with Crippen LogP contribution in [0.1, 0.15) is 50.5 Å². The summed E-state index contributed by atoms with van der Waals surface area (Å²) in [6.45, 7) is 0. The van der Waals surface area contributed by atoms with Gasteiger partial charge in [0.05, 0.1) is 0 Å². The third kappa shape index (κ3) is 2.97. The summed E-state index contributed by atoms with van der Waals surface area (Å²) in [7, 11) is 0. The molecule has 144 valence electrons. The molecule has 0 unspecified atom stereocenters. The summed E-state index contributed by atoms with van der Waals surface area (Å²) in [6, 6.07) is 1.37. The minimum Gasteiger partial charge on any atom is -0.402 e. The third-order valence-corrected chi connectivity index (χ3v) is 6.32. The standard InChI is InChI=1S/C20H22F3N3O/c21-20(22,23)27-17-6-15(10-25-18(17)24)14-2-1-3-16(13-4-5-13)26(11-14)19-7-12(8-19)9-19/h3,6,10-13H,1-2,4-5,7-9H2,(H2,24,25). The molecule has 1 aliphatic heterocycles. The topological polar surface area (TPSA) is 51.4 Å². The van der Waals surface area contributed by atoms with E-state index in [1.807, 2.05) is 0 Å². The van der Waals surface area contributed by atoms with Gasteiger partial charge < -0.3 is 15.4 Å². The van der Waals surface area contributed by atoms with Crippen LogP contribution >= 0.6 is 0 Å². The van der Waals surface area contributed by atoms with Gasteiger partial charge in [-0.1, -0.05) is 6.08 Å². The third-order valence-electron chi connectivity index (χ3n) is 6.32. The van der Waals surface area contributed by atoms with Gasteiger partial charge in [-0.2, -0.15) is 0 Å². The summed E-state index contributed by atoms with van der Waals surface area (Å²) in [5, 5.41) is 0. The summed E-state index contributed by atoms with van der Waals surface area (Å²) in [5.74, 6) is 0.815. The first-order valence-corrected chi connectivity index (χ1v) is 9.55. The Balaban J connectivity index is 1.49. The summed E-state index contributed by atoms with van der Waals surface area (Å²) >= 11 is 0. The van der Waals surface area contributed by atoms with Crippen LogP contribution < -0.4 is 10.5 Å². The van der Waals surface area contributed by atoms with Crippen molar-refractivity contribution in [3.63, 3.8) is 0 Å². The van der Waals surface area contributed by atoms with Crippen LogP contribution in [0, 0.1) is 11.8 Å². The van der Waals surface area contributed by atoms with E-state index in [1.165, 1.54) is 43.9 Å². The van der Waals surface area contributed by atoms with Gasteiger partial charge in [-0.3, -0.25) is 0 Å². The molecular weight excluding hydrogens is 355 g/mol. The van der Waals surface area contributed by atoms with Crippen LogP contribution in [-0.4, -0.2) is 21.8 Å². The zero-order valence-electron chi connectivity index (χ0n) is 14.9. The van der Waals surface area contributed by atoms with Crippen molar-refractivity contribution in [3.8, 4) is 5.75 Å². The first-order chi connectivity index (χ1) is 12.8. The molecule has 2 bridgehead atoms. The second kappa shape index (κ2) is 5.66. The molecule has 1 aromatic rings. The highest BCUT2D eigenvalue weighted by atomic mass is 19.4. The number of pyridine rings is 1. The molecule has 2 N–H and O–H groups in total. The predicted octanol–water partition coefficient (Wildman–Crippen LogP) is 4.85. The predicted molar refractivity (Wildman–Crippen MR) is 95.3 cm³/mol. The molecule has 0 amide bonds. The fourth-order valence-corrected chi connectivity index (χ4v) is 4.71. The van der Waals surface area contributed by atoms with E-state index >= 15 is 0 Å². The van der Waals surface area contributed by atoms with E-state index in [1.54, 1.807) is 6.20 Å². The molecule has 4 saturated carbocycles. The number of hydrogen-bond donors (Lipinski definition) is 1. The van der Waals surface area contributed by atoms with Gasteiger partial charge in [0.2, 0.25) is 0 Å². The largest absolute Gasteiger partial charge is 0.573 e. The van der Waals surface area contributed by atoms with Gasteiger partial charge >= 0.3 is 6.36 Å². The lowest BCUT2D eigenvalue weighted by atomic mass is 9.49. The fraction of sp³-hybridized carbons (Fsp3) is 0.550. The molecule has 0 atom stereocenters. The Hall–Kier alpha value is -2.18. The van der Waals surface area contributed by atoms with E-state index < -0.39 is 12.1 Å². The lowest BCUT2D eigenvalue weighted by molar-refractivity contribution is -0.274. The Morgan fingerprint density at radius 1 is 1.22 bits per heavy atom. The summed E-state index contributed by atoms with van der Waals surface area (Å²) < 4.78 is 42.0. The Bertz CT molecular complexity index is 824. The first kappa shape index (κ1) is 17.0. The van der Waals surface area contributed by atoms with Crippen molar-refractivity contribution in [2.45, 2.75) is 56.8 Å². The number of allylic oxidation sites excluding steroid dienone is 3. The number of nitrogens with two attached hydrogens (primary N) is 1. The molecule has 7 heteroatoms. The maximum absolute atomic E-state index is 12.6. The lowest BCUT2D eigenvalue weighted by Crippen LogP contribution is -2.66. The number of hydrogen-bond acceptors (Lipinski definition) is 4. The van der Waals surface area contributed by atoms with Gasteiger partial charge in [-0.05, 0) is 68.4 Å². The van der Waals surface area contributed by atoms with Gasteiger partial charge in [-0.15, -0.1) is 13.2 Å². The second-order valence-electron chi connectivity index (χ2n) is 8.32. The molecule has 4 fully saturated rings. The number of alkyl halides is 3. The fourth-order valence-electron chi connectivity index (χ4n) is 4.71. The minimum absolute atomic E-state index is 0.237. The Kier molecular flexibility index (Phi) is 3.55. The summed E-state index contributed by atoms with van der Waals surface area (Å²) in [4.78, 5) is 6.40. The highest BCUT2D eigenvalue weighted by Gasteiger charge is 2.60. The van der Waals surface area contributed by atoms with Crippen molar-refractivity contribution in [2.24, 2.45) is 11.8 Å². The SMILES string of the molecule is Nc1ncc(C2=CN(C34CC(C3)C4)C(C3CC3)=CCC2)cc1OC(F)(F)F. The van der Waals surface area contributed by atoms with Gasteiger partial charge in [0.15, 0.2) is 11.6 Å². The van der Waals surface area contributed by atoms with E-state index in [9.17, 15) is 13.2 Å². The van der Waals surface area contributed by atoms with Gasteiger partial charge in [0.25, 0.3) is 0 Å². The monoisotopic (exact) mass is 377 g/mol. The lowest BCUT2D eigenvalue weighted by Gasteiger charge is -2.66. The molecule has 2 heterocycles. The minimum atomic E-state index is -4.79. The maximum Gasteiger partial charge on any atom is 0.573 e.